The first-order chi connectivity index (χ1) is 10.2. The van der Waals surface area contributed by atoms with Gasteiger partial charge in [-0.3, -0.25) is 0 Å². The number of nitrogens with zero attached hydrogens (tertiary/aromatic N) is 3. The molecule has 0 radical (unpaired) electrons. The highest BCUT2D eigenvalue weighted by Gasteiger charge is 2.20. The number of hydrogen-bond donors (Lipinski definition) is 1. The van der Waals surface area contributed by atoms with Crippen molar-refractivity contribution in [1.29, 1.82) is 5.26 Å². The molecule has 0 unspecified atom stereocenters. The van der Waals surface area contributed by atoms with Gasteiger partial charge in [-0.1, -0.05) is 19.9 Å². The Bertz CT molecular complexity index is 674. The minimum absolute atomic E-state index is 0.388. The summed E-state index contributed by atoms with van der Waals surface area (Å²) in [6, 6.07) is 11.0. The second-order valence-electron chi connectivity index (χ2n) is 5.96. The fourth-order valence-corrected chi connectivity index (χ4v) is 2.31. The minimum Gasteiger partial charge on any atom is -0.310 e. The predicted octanol–water partition coefficient (Wildman–Crippen LogP) is 3.12. The number of nitrogens with one attached hydrogen (secondary N) is 1. The summed E-state index contributed by atoms with van der Waals surface area (Å²) in [5.41, 5.74) is 3.71. The Morgan fingerprint density at radius 2 is 2.19 bits per heavy atom. The number of aromatic nitrogens is 2. The molecule has 21 heavy (non-hydrogen) atoms. The van der Waals surface area contributed by atoms with Gasteiger partial charge in [-0.2, -0.15) is 10.4 Å². The van der Waals surface area contributed by atoms with E-state index in [2.05, 4.69) is 36.4 Å². The first kappa shape index (κ1) is 13.8. The van der Waals surface area contributed by atoms with Crippen molar-refractivity contribution in [2.75, 3.05) is 0 Å². The Labute approximate surface area is 125 Å². The van der Waals surface area contributed by atoms with Crippen LogP contribution in [0.4, 0.5) is 0 Å². The fourth-order valence-electron chi connectivity index (χ4n) is 2.31. The van der Waals surface area contributed by atoms with Crippen molar-refractivity contribution in [2.45, 2.75) is 45.2 Å². The van der Waals surface area contributed by atoms with Gasteiger partial charge in [0.15, 0.2) is 0 Å². The Morgan fingerprint density at radius 1 is 1.38 bits per heavy atom. The van der Waals surface area contributed by atoms with Crippen molar-refractivity contribution in [1.82, 2.24) is 15.1 Å². The van der Waals surface area contributed by atoms with E-state index in [1.54, 1.807) is 4.68 Å². The Kier molecular flexibility index (Phi) is 3.76. The highest BCUT2D eigenvalue weighted by Crippen LogP contribution is 2.21. The molecule has 0 amide bonds. The maximum absolute atomic E-state index is 9.40. The zero-order valence-electron chi connectivity index (χ0n) is 12.5. The monoisotopic (exact) mass is 280 g/mol. The van der Waals surface area contributed by atoms with E-state index in [1.165, 1.54) is 12.8 Å². The third kappa shape index (κ3) is 3.14. The smallest absolute Gasteiger partial charge is 0.101 e. The lowest BCUT2D eigenvalue weighted by atomic mass is 10.1. The Morgan fingerprint density at radius 3 is 2.81 bits per heavy atom. The lowest BCUT2D eigenvalue weighted by Crippen LogP contribution is -2.15. The molecule has 1 aromatic heterocycles. The summed E-state index contributed by atoms with van der Waals surface area (Å²) in [4.78, 5) is 0. The van der Waals surface area contributed by atoms with Crippen molar-refractivity contribution < 1.29 is 0 Å². The molecule has 1 aliphatic carbocycles. The zero-order chi connectivity index (χ0) is 14.8. The van der Waals surface area contributed by atoms with Crippen LogP contribution >= 0.6 is 0 Å². The molecule has 0 saturated heterocycles. The average Bonchev–Trinajstić information content (AvgIpc) is 3.19. The van der Waals surface area contributed by atoms with Gasteiger partial charge in [0.25, 0.3) is 0 Å². The van der Waals surface area contributed by atoms with Gasteiger partial charge < -0.3 is 5.32 Å². The van der Waals surface area contributed by atoms with Crippen LogP contribution in [0, 0.1) is 11.3 Å². The van der Waals surface area contributed by atoms with Crippen molar-refractivity contribution in [3.8, 4) is 11.8 Å². The summed E-state index contributed by atoms with van der Waals surface area (Å²) in [6.45, 7) is 5.06. The molecule has 0 bridgehead atoms. The molecule has 2 aromatic rings. The molecule has 1 N–H and O–H groups in total. The van der Waals surface area contributed by atoms with Gasteiger partial charge in [0, 0.05) is 18.8 Å². The van der Waals surface area contributed by atoms with Crippen LogP contribution in [0.2, 0.25) is 0 Å². The first-order valence-electron chi connectivity index (χ1n) is 7.49. The van der Waals surface area contributed by atoms with Crippen LogP contribution in [0.3, 0.4) is 0 Å². The largest absolute Gasteiger partial charge is 0.310 e. The second kappa shape index (κ2) is 5.71. The molecule has 1 fully saturated rings. The van der Waals surface area contributed by atoms with Crippen LogP contribution in [0.15, 0.2) is 30.5 Å². The van der Waals surface area contributed by atoms with Gasteiger partial charge in [-0.25, -0.2) is 4.68 Å². The van der Waals surface area contributed by atoms with Crippen LogP contribution in [-0.4, -0.2) is 15.8 Å². The van der Waals surface area contributed by atoms with E-state index >= 15 is 0 Å². The first-order valence-corrected chi connectivity index (χ1v) is 7.49. The SMILES string of the molecule is CC(C)c1ccn(-c2ccc(CNC3CC3)cc2C#N)n1. The van der Waals surface area contributed by atoms with Gasteiger partial charge in [0.2, 0.25) is 0 Å². The van der Waals surface area contributed by atoms with Gasteiger partial charge in [0.05, 0.1) is 16.9 Å². The van der Waals surface area contributed by atoms with Crippen molar-refractivity contribution in [3.63, 3.8) is 0 Å². The highest BCUT2D eigenvalue weighted by atomic mass is 15.3. The van der Waals surface area contributed by atoms with E-state index in [0.717, 1.165) is 23.5 Å². The third-order valence-electron chi connectivity index (χ3n) is 3.80. The normalized spacial score (nSPS) is 14.4. The Hall–Kier alpha value is -2.12. The van der Waals surface area contributed by atoms with Crippen LogP contribution in [0.25, 0.3) is 5.69 Å². The molecule has 0 spiro atoms. The summed E-state index contributed by atoms with van der Waals surface area (Å²) in [5.74, 6) is 0.388. The summed E-state index contributed by atoms with van der Waals surface area (Å²) < 4.78 is 1.80. The highest BCUT2D eigenvalue weighted by molar-refractivity contribution is 5.50. The van der Waals surface area contributed by atoms with E-state index in [-0.39, 0.29) is 0 Å². The lowest BCUT2D eigenvalue weighted by molar-refractivity contribution is 0.687. The third-order valence-corrected chi connectivity index (χ3v) is 3.80. The molecule has 0 atom stereocenters. The average molecular weight is 280 g/mol. The number of nitriles is 1. The van der Waals surface area contributed by atoms with Crippen LogP contribution in [0.5, 0.6) is 0 Å². The van der Waals surface area contributed by atoms with Crippen molar-refractivity contribution in [2.24, 2.45) is 0 Å². The van der Waals surface area contributed by atoms with Gasteiger partial charge in [-0.05, 0) is 42.5 Å². The summed E-state index contributed by atoms with van der Waals surface area (Å²) >= 11 is 0. The lowest BCUT2D eigenvalue weighted by Gasteiger charge is -2.08. The van der Waals surface area contributed by atoms with E-state index in [1.807, 2.05) is 24.4 Å². The zero-order valence-corrected chi connectivity index (χ0v) is 12.5. The number of benzene rings is 1. The predicted molar refractivity (Wildman–Crippen MR) is 82.2 cm³/mol. The molecule has 1 saturated carbocycles. The molecular weight excluding hydrogens is 260 g/mol. The molecule has 4 nitrogen and oxygen atoms in total. The molecular formula is C17H20N4. The standard InChI is InChI=1S/C17H20N4/c1-12(2)16-7-8-21(20-16)17-6-3-13(9-14(17)10-18)11-19-15-4-5-15/h3,6-9,12,15,19H,4-5,11H2,1-2H3. The summed E-state index contributed by atoms with van der Waals surface area (Å²) in [6.07, 6.45) is 4.47. The van der Waals surface area contributed by atoms with E-state index in [0.29, 0.717) is 17.5 Å². The van der Waals surface area contributed by atoms with E-state index < -0.39 is 0 Å². The Balaban J connectivity index is 1.85. The van der Waals surface area contributed by atoms with Crippen molar-refractivity contribution in [3.05, 3.63) is 47.3 Å². The summed E-state index contributed by atoms with van der Waals surface area (Å²) in [5, 5.41) is 17.4. The maximum Gasteiger partial charge on any atom is 0.101 e. The second-order valence-corrected chi connectivity index (χ2v) is 5.96. The number of rotatable bonds is 5. The minimum atomic E-state index is 0.388. The molecule has 3 rings (SSSR count). The van der Waals surface area contributed by atoms with Gasteiger partial charge >= 0.3 is 0 Å². The quantitative estimate of drug-likeness (QED) is 0.915. The molecule has 1 heterocycles. The molecule has 0 aliphatic heterocycles. The molecule has 1 aliphatic rings. The van der Waals surface area contributed by atoms with Crippen LogP contribution in [-0.2, 0) is 6.54 Å². The molecule has 108 valence electrons. The van der Waals surface area contributed by atoms with Gasteiger partial charge in [0.1, 0.15) is 6.07 Å². The van der Waals surface area contributed by atoms with Gasteiger partial charge in [-0.15, -0.1) is 0 Å². The topological polar surface area (TPSA) is 53.6 Å². The molecule has 4 heteroatoms. The van der Waals surface area contributed by atoms with Crippen molar-refractivity contribution >= 4 is 0 Å². The van der Waals surface area contributed by atoms with E-state index in [9.17, 15) is 5.26 Å². The summed E-state index contributed by atoms with van der Waals surface area (Å²) in [7, 11) is 0. The molecule has 1 aromatic carbocycles. The van der Waals surface area contributed by atoms with Crippen LogP contribution < -0.4 is 5.32 Å². The van der Waals surface area contributed by atoms with E-state index in [4.69, 9.17) is 0 Å². The van der Waals surface area contributed by atoms with Crippen LogP contribution in [0.1, 0.15) is 49.4 Å². The maximum atomic E-state index is 9.40. The number of hydrogen-bond acceptors (Lipinski definition) is 3. The fraction of sp³-hybridized carbons (Fsp3) is 0.412.